The number of hydrogen-bond acceptors (Lipinski definition) is 2. The highest BCUT2D eigenvalue weighted by Gasteiger charge is 2.10. The molecule has 2 aromatic rings. The van der Waals surface area contributed by atoms with Crippen LogP contribution in [0.25, 0.3) is 0 Å². The number of aliphatic hydroxyl groups is 1. The second-order valence-electron chi connectivity index (χ2n) is 5.14. The van der Waals surface area contributed by atoms with Crippen molar-refractivity contribution in [1.82, 2.24) is 0 Å². The third kappa shape index (κ3) is 3.84. The van der Waals surface area contributed by atoms with Gasteiger partial charge in [-0.15, -0.1) is 0 Å². The zero-order chi connectivity index (χ0) is 14.7. The molecule has 0 saturated heterocycles. The van der Waals surface area contributed by atoms with Gasteiger partial charge in [0, 0.05) is 10.0 Å². The molecule has 1 N–H and O–H groups in total. The van der Waals surface area contributed by atoms with E-state index >= 15 is 0 Å². The monoisotopic (exact) mass is 334 g/mol. The molecule has 106 valence electrons. The molecule has 0 unspecified atom stereocenters. The minimum atomic E-state index is -0.554. The van der Waals surface area contributed by atoms with Crippen molar-refractivity contribution in [2.45, 2.75) is 33.5 Å². The van der Waals surface area contributed by atoms with Crippen LogP contribution >= 0.6 is 15.9 Å². The molecule has 0 aliphatic rings. The first kappa shape index (κ1) is 15.1. The Morgan fingerprint density at radius 3 is 2.35 bits per heavy atom. The van der Waals surface area contributed by atoms with Gasteiger partial charge in [-0.2, -0.15) is 0 Å². The van der Waals surface area contributed by atoms with Crippen LogP contribution in [0.4, 0.5) is 0 Å². The summed E-state index contributed by atoms with van der Waals surface area (Å²) in [4.78, 5) is 0. The lowest BCUT2D eigenvalue weighted by Crippen LogP contribution is -2.01. The van der Waals surface area contributed by atoms with E-state index in [4.69, 9.17) is 4.74 Å². The Morgan fingerprint density at radius 1 is 1.10 bits per heavy atom. The molecule has 0 bridgehead atoms. The predicted molar refractivity (Wildman–Crippen MR) is 85.0 cm³/mol. The van der Waals surface area contributed by atoms with Crippen LogP contribution in [0, 0.1) is 13.8 Å². The van der Waals surface area contributed by atoms with Crippen LogP contribution in [0.1, 0.15) is 35.3 Å². The average molecular weight is 335 g/mol. The zero-order valence-corrected chi connectivity index (χ0v) is 13.6. The molecule has 20 heavy (non-hydrogen) atoms. The van der Waals surface area contributed by atoms with Crippen LogP contribution in [0.5, 0.6) is 5.75 Å². The minimum Gasteiger partial charge on any atom is -0.489 e. The summed E-state index contributed by atoms with van der Waals surface area (Å²) in [6.07, 6.45) is -0.554. The fourth-order valence-electron chi connectivity index (χ4n) is 2.29. The molecule has 2 rings (SSSR count). The van der Waals surface area contributed by atoms with Crippen LogP contribution in [0.3, 0.4) is 0 Å². The molecule has 0 heterocycles. The molecule has 0 aliphatic heterocycles. The Hall–Kier alpha value is -1.32. The van der Waals surface area contributed by atoms with E-state index in [1.165, 1.54) is 11.1 Å². The highest BCUT2D eigenvalue weighted by Crippen LogP contribution is 2.29. The van der Waals surface area contributed by atoms with Gasteiger partial charge in [0.2, 0.25) is 0 Å². The number of rotatable bonds is 4. The van der Waals surface area contributed by atoms with E-state index in [0.29, 0.717) is 6.61 Å². The lowest BCUT2D eigenvalue weighted by atomic mass is 10.1. The van der Waals surface area contributed by atoms with Gasteiger partial charge in [-0.3, -0.25) is 0 Å². The van der Waals surface area contributed by atoms with E-state index in [-0.39, 0.29) is 0 Å². The SMILES string of the molecule is Cc1cc(C)cc(COc2ccc(Br)cc2[C@H](C)O)c1. The first-order chi connectivity index (χ1) is 9.45. The Kier molecular flexibility index (Phi) is 4.84. The summed E-state index contributed by atoms with van der Waals surface area (Å²) in [7, 11) is 0. The summed E-state index contributed by atoms with van der Waals surface area (Å²) in [5.74, 6) is 0.724. The Morgan fingerprint density at radius 2 is 1.75 bits per heavy atom. The molecule has 0 amide bonds. The van der Waals surface area contributed by atoms with Gasteiger partial charge in [0.15, 0.2) is 0 Å². The van der Waals surface area contributed by atoms with E-state index in [1.807, 2.05) is 18.2 Å². The van der Waals surface area contributed by atoms with E-state index in [9.17, 15) is 5.11 Å². The molecule has 1 atom stereocenters. The molecule has 2 aromatic carbocycles. The maximum absolute atomic E-state index is 9.81. The fraction of sp³-hybridized carbons (Fsp3) is 0.294. The summed E-state index contributed by atoms with van der Waals surface area (Å²) in [5.41, 5.74) is 4.40. The quantitative estimate of drug-likeness (QED) is 0.878. The van der Waals surface area contributed by atoms with Crippen molar-refractivity contribution < 1.29 is 9.84 Å². The zero-order valence-electron chi connectivity index (χ0n) is 12.0. The van der Waals surface area contributed by atoms with Crippen molar-refractivity contribution in [3.8, 4) is 5.75 Å². The highest BCUT2D eigenvalue weighted by molar-refractivity contribution is 9.10. The number of aliphatic hydroxyl groups excluding tert-OH is 1. The lowest BCUT2D eigenvalue weighted by Gasteiger charge is -2.14. The predicted octanol–water partition coefficient (Wildman–Crippen LogP) is 4.70. The van der Waals surface area contributed by atoms with Crippen molar-refractivity contribution in [2.75, 3.05) is 0 Å². The van der Waals surface area contributed by atoms with Crippen molar-refractivity contribution in [1.29, 1.82) is 0 Å². The first-order valence-corrected chi connectivity index (χ1v) is 7.42. The van der Waals surface area contributed by atoms with Crippen LogP contribution in [0.2, 0.25) is 0 Å². The van der Waals surface area contributed by atoms with E-state index in [2.05, 4.69) is 48.0 Å². The third-order valence-electron chi connectivity index (χ3n) is 3.10. The van der Waals surface area contributed by atoms with Gasteiger partial charge in [0.1, 0.15) is 12.4 Å². The Balaban J connectivity index is 2.18. The first-order valence-electron chi connectivity index (χ1n) is 6.63. The normalized spacial score (nSPS) is 12.2. The molecule has 0 aliphatic carbocycles. The topological polar surface area (TPSA) is 29.5 Å². The molecule has 0 spiro atoms. The van der Waals surface area contributed by atoms with Gasteiger partial charge in [-0.1, -0.05) is 45.3 Å². The highest BCUT2D eigenvalue weighted by atomic mass is 79.9. The van der Waals surface area contributed by atoms with Crippen LogP contribution in [0.15, 0.2) is 40.9 Å². The maximum Gasteiger partial charge on any atom is 0.125 e. The molecular weight excluding hydrogens is 316 g/mol. The van der Waals surface area contributed by atoms with Gasteiger partial charge >= 0.3 is 0 Å². The summed E-state index contributed by atoms with van der Waals surface area (Å²) in [6, 6.07) is 12.1. The Labute approximate surface area is 128 Å². The number of hydrogen-bond donors (Lipinski definition) is 1. The van der Waals surface area contributed by atoms with Gasteiger partial charge < -0.3 is 9.84 Å². The molecule has 0 fully saturated rings. The molecule has 0 radical (unpaired) electrons. The van der Waals surface area contributed by atoms with Crippen molar-refractivity contribution in [3.63, 3.8) is 0 Å². The van der Waals surface area contributed by atoms with Crippen molar-refractivity contribution in [2.24, 2.45) is 0 Å². The molecule has 0 aromatic heterocycles. The summed E-state index contributed by atoms with van der Waals surface area (Å²) in [5, 5.41) is 9.81. The second kappa shape index (κ2) is 6.42. The second-order valence-corrected chi connectivity index (χ2v) is 6.06. The molecule has 3 heteroatoms. The van der Waals surface area contributed by atoms with Gasteiger partial charge in [-0.25, -0.2) is 0 Å². The maximum atomic E-state index is 9.81. The molecule has 0 saturated carbocycles. The van der Waals surface area contributed by atoms with Gasteiger partial charge in [0.25, 0.3) is 0 Å². The van der Waals surface area contributed by atoms with Crippen LogP contribution in [-0.2, 0) is 6.61 Å². The average Bonchev–Trinajstić information content (AvgIpc) is 2.36. The summed E-state index contributed by atoms with van der Waals surface area (Å²) < 4.78 is 6.81. The fourth-order valence-corrected chi connectivity index (χ4v) is 2.67. The molecular formula is C17H19BrO2. The Bertz CT molecular complexity index is 586. The minimum absolute atomic E-state index is 0.504. The van der Waals surface area contributed by atoms with Crippen LogP contribution in [-0.4, -0.2) is 5.11 Å². The van der Waals surface area contributed by atoms with Gasteiger partial charge in [0.05, 0.1) is 6.10 Å². The largest absolute Gasteiger partial charge is 0.489 e. The standard InChI is InChI=1S/C17H19BrO2/c1-11-6-12(2)8-14(7-11)10-20-17-5-4-15(18)9-16(17)13(3)19/h4-9,13,19H,10H2,1-3H3/t13-/m0/s1. The number of aryl methyl sites for hydroxylation is 2. The van der Waals surface area contributed by atoms with Crippen LogP contribution < -0.4 is 4.74 Å². The molecule has 2 nitrogen and oxygen atoms in total. The number of benzene rings is 2. The smallest absolute Gasteiger partial charge is 0.125 e. The number of ether oxygens (including phenoxy) is 1. The number of halogens is 1. The van der Waals surface area contributed by atoms with E-state index in [1.54, 1.807) is 6.92 Å². The summed E-state index contributed by atoms with van der Waals surface area (Å²) >= 11 is 3.41. The third-order valence-corrected chi connectivity index (χ3v) is 3.59. The lowest BCUT2D eigenvalue weighted by molar-refractivity contribution is 0.190. The van der Waals surface area contributed by atoms with E-state index < -0.39 is 6.10 Å². The van der Waals surface area contributed by atoms with Gasteiger partial charge in [-0.05, 0) is 44.5 Å². The van der Waals surface area contributed by atoms with Crippen molar-refractivity contribution >= 4 is 15.9 Å². The summed E-state index contributed by atoms with van der Waals surface area (Å²) in [6.45, 7) is 6.41. The van der Waals surface area contributed by atoms with E-state index in [0.717, 1.165) is 21.3 Å². The van der Waals surface area contributed by atoms with Crippen molar-refractivity contribution in [3.05, 3.63) is 63.1 Å².